The van der Waals surface area contributed by atoms with Crippen molar-refractivity contribution < 1.29 is 5.11 Å². The maximum atomic E-state index is 9.03. The van der Waals surface area contributed by atoms with E-state index in [1.54, 1.807) is 0 Å². The Kier molecular flexibility index (Phi) is 6.43. The fourth-order valence-electron chi connectivity index (χ4n) is 2.25. The Hall–Kier alpha value is -0.600. The van der Waals surface area contributed by atoms with E-state index in [-0.39, 0.29) is 0 Å². The Morgan fingerprint density at radius 3 is 2.75 bits per heavy atom. The van der Waals surface area contributed by atoms with Crippen LogP contribution in [0, 0.1) is 5.92 Å². The van der Waals surface area contributed by atoms with Crippen LogP contribution >= 0.6 is 0 Å². The predicted molar refractivity (Wildman–Crippen MR) is 69.4 cm³/mol. The van der Waals surface area contributed by atoms with Crippen molar-refractivity contribution in [1.29, 1.82) is 0 Å². The van der Waals surface area contributed by atoms with Gasteiger partial charge in [0, 0.05) is 19.7 Å². The monoisotopic (exact) mass is 223 g/mol. The summed E-state index contributed by atoms with van der Waals surface area (Å²) in [6.45, 7) is 7.65. The third kappa shape index (κ3) is 4.11. The summed E-state index contributed by atoms with van der Waals surface area (Å²) in [4.78, 5) is 2.45. The lowest BCUT2D eigenvalue weighted by molar-refractivity contribution is 0.224. The lowest BCUT2D eigenvalue weighted by atomic mass is 10.1. The summed E-state index contributed by atoms with van der Waals surface area (Å²) >= 11 is 0. The molecule has 2 nitrogen and oxygen atoms in total. The molecular formula is C14H25NO. The molecule has 0 saturated carbocycles. The largest absolute Gasteiger partial charge is 0.396 e. The van der Waals surface area contributed by atoms with Crippen molar-refractivity contribution in [3.8, 4) is 0 Å². The van der Waals surface area contributed by atoms with Gasteiger partial charge in [0.05, 0.1) is 0 Å². The van der Waals surface area contributed by atoms with Crippen LogP contribution in [0.15, 0.2) is 23.8 Å². The average molecular weight is 223 g/mol. The van der Waals surface area contributed by atoms with Crippen LogP contribution in [-0.2, 0) is 0 Å². The third-order valence-electron chi connectivity index (χ3n) is 3.11. The van der Waals surface area contributed by atoms with E-state index >= 15 is 0 Å². The SMILES string of the molecule is CC.OCC1CCN(CC2=CCCC=C2)C1. The second-order valence-corrected chi connectivity index (χ2v) is 4.33. The van der Waals surface area contributed by atoms with Gasteiger partial charge in [-0.05, 0) is 37.3 Å². The average Bonchev–Trinajstić information content (AvgIpc) is 2.81. The van der Waals surface area contributed by atoms with E-state index in [4.69, 9.17) is 5.11 Å². The van der Waals surface area contributed by atoms with Gasteiger partial charge in [0.2, 0.25) is 0 Å². The molecule has 1 aliphatic heterocycles. The number of rotatable bonds is 3. The number of hydrogen-bond acceptors (Lipinski definition) is 2. The highest BCUT2D eigenvalue weighted by Gasteiger charge is 2.21. The molecule has 1 fully saturated rings. The van der Waals surface area contributed by atoms with E-state index in [1.807, 2.05) is 13.8 Å². The summed E-state index contributed by atoms with van der Waals surface area (Å²) in [6.07, 6.45) is 10.4. The lowest BCUT2D eigenvalue weighted by Gasteiger charge is -2.17. The molecule has 0 spiro atoms. The van der Waals surface area contributed by atoms with Crippen LogP contribution in [0.2, 0.25) is 0 Å². The molecule has 2 aliphatic rings. The number of aliphatic hydroxyl groups is 1. The number of allylic oxidation sites excluding steroid dienone is 2. The van der Waals surface area contributed by atoms with E-state index in [1.165, 1.54) is 18.4 Å². The molecule has 0 amide bonds. The maximum Gasteiger partial charge on any atom is 0.0471 e. The zero-order chi connectivity index (χ0) is 11.8. The molecule has 2 rings (SSSR count). The van der Waals surface area contributed by atoms with Gasteiger partial charge in [-0.3, -0.25) is 4.90 Å². The van der Waals surface area contributed by atoms with Crippen LogP contribution in [0.25, 0.3) is 0 Å². The molecule has 1 atom stereocenters. The molecular weight excluding hydrogens is 198 g/mol. The van der Waals surface area contributed by atoms with Gasteiger partial charge in [-0.1, -0.05) is 32.1 Å². The van der Waals surface area contributed by atoms with Crippen molar-refractivity contribution >= 4 is 0 Å². The highest BCUT2D eigenvalue weighted by Crippen LogP contribution is 2.18. The second kappa shape index (κ2) is 7.64. The molecule has 16 heavy (non-hydrogen) atoms. The summed E-state index contributed by atoms with van der Waals surface area (Å²) in [6, 6.07) is 0. The maximum absolute atomic E-state index is 9.03. The molecule has 1 saturated heterocycles. The predicted octanol–water partition coefficient (Wildman–Crippen LogP) is 2.60. The Morgan fingerprint density at radius 2 is 2.19 bits per heavy atom. The first-order valence-electron chi connectivity index (χ1n) is 6.57. The van der Waals surface area contributed by atoms with E-state index in [9.17, 15) is 0 Å². The Labute approximate surface area is 99.7 Å². The zero-order valence-corrected chi connectivity index (χ0v) is 10.7. The fourth-order valence-corrected chi connectivity index (χ4v) is 2.25. The van der Waals surface area contributed by atoms with E-state index < -0.39 is 0 Å². The van der Waals surface area contributed by atoms with E-state index in [0.29, 0.717) is 12.5 Å². The Bertz CT molecular complexity index is 245. The molecule has 0 aromatic rings. The highest BCUT2D eigenvalue weighted by atomic mass is 16.3. The first-order valence-corrected chi connectivity index (χ1v) is 6.57. The quantitative estimate of drug-likeness (QED) is 0.795. The molecule has 0 bridgehead atoms. The van der Waals surface area contributed by atoms with Crippen molar-refractivity contribution in [2.24, 2.45) is 5.92 Å². The normalized spacial score (nSPS) is 24.9. The standard InChI is InChI=1S/C12H19NO.C2H6/c14-10-12-6-7-13(9-12)8-11-4-2-1-3-5-11;1-2/h2,4-5,12,14H,1,3,6-10H2;1-2H3. The summed E-state index contributed by atoms with van der Waals surface area (Å²) in [5.41, 5.74) is 1.45. The van der Waals surface area contributed by atoms with Crippen molar-refractivity contribution in [2.75, 3.05) is 26.2 Å². The smallest absolute Gasteiger partial charge is 0.0471 e. The van der Waals surface area contributed by atoms with Gasteiger partial charge in [-0.2, -0.15) is 0 Å². The van der Waals surface area contributed by atoms with Gasteiger partial charge in [0.1, 0.15) is 0 Å². The molecule has 2 heteroatoms. The summed E-state index contributed by atoms with van der Waals surface area (Å²) < 4.78 is 0. The van der Waals surface area contributed by atoms with Crippen molar-refractivity contribution in [3.05, 3.63) is 23.8 Å². The molecule has 0 aromatic heterocycles. The van der Waals surface area contributed by atoms with Crippen LogP contribution < -0.4 is 0 Å². The molecule has 1 heterocycles. The lowest BCUT2D eigenvalue weighted by Crippen LogP contribution is -2.23. The van der Waals surface area contributed by atoms with E-state index in [2.05, 4.69) is 23.1 Å². The minimum absolute atomic E-state index is 0.353. The van der Waals surface area contributed by atoms with Crippen LogP contribution in [0.4, 0.5) is 0 Å². The van der Waals surface area contributed by atoms with Gasteiger partial charge >= 0.3 is 0 Å². The van der Waals surface area contributed by atoms with E-state index in [0.717, 1.165) is 26.1 Å². The van der Waals surface area contributed by atoms with Gasteiger partial charge in [0.15, 0.2) is 0 Å². The first-order chi connectivity index (χ1) is 7.88. The molecule has 0 radical (unpaired) electrons. The molecule has 0 aromatic carbocycles. The Morgan fingerprint density at radius 1 is 1.38 bits per heavy atom. The van der Waals surface area contributed by atoms with Gasteiger partial charge in [-0.25, -0.2) is 0 Å². The summed E-state index contributed by atoms with van der Waals surface area (Å²) in [5, 5.41) is 9.03. The summed E-state index contributed by atoms with van der Waals surface area (Å²) in [5.74, 6) is 0.517. The van der Waals surface area contributed by atoms with Crippen molar-refractivity contribution in [1.82, 2.24) is 4.90 Å². The molecule has 1 N–H and O–H groups in total. The van der Waals surface area contributed by atoms with Crippen LogP contribution in [0.1, 0.15) is 33.1 Å². The number of nitrogens with zero attached hydrogens (tertiary/aromatic N) is 1. The number of aliphatic hydroxyl groups excluding tert-OH is 1. The topological polar surface area (TPSA) is 23.5 Å². The first kappa shape index (κ1) is 13.5. The zero-order valence-electron chi connectivity index (χ0n) is 10.7. The minimum Gasteiger partial charge on any atom is -0.396 e. The van der Waals surface area contributed by atoms with Crippen molar-refractivity contribution in [3.63, 3.8) is 0 Å². The number of hydrogen-bond donors (Lipinski definition) is 1. The molecule has 1 unspecified atom stereocenters. The van der Waals surface area contributed by atoms with Gasteiger partial charge < -0.3 is 5.11 Å². The third-order valence-corrected chi connectivity index (χ3v) is 3.11. The summed E-state index contributed by atoms with van der Waals surface area (Å²) in [7, 11) is 0. The molecule has 1 aliphatic carbocycles. The number of likely N-dealkylation sites (tertiary alicyclic amines) is 1. The van der Waals surface area contributed by atoms with Crippen LogP contribution in [0.5, 0.6) is 0 Å². The fraction of sp³-hybridized carbons (Fsp3) is 0.714. The van der Waals surface area contributed by atoms with Crippen LogP contribution in [0.3, 0.4) is 0 Å². The van der Waals surface area contributed by atoms with Crippen LogP contribution in [-0.4, -0.2) is 36.2 Å². The van der Waals surface area contributed by atoms with Gasteiger partial charge in [-0.15, -0.1) is 0 Å². The molecule has 92 valence electrons. The highest BCUT2D eigenvalue weighted by molar-refractivity contribution is 5.23. The minimum atomic E-state index is 0.353. The Balaban J connectivity index is 0.000000606. The van der Waals surface area contributed by atoms with Crippen molar-refractivity contribution in [2.45, 2.75) is 33.1 Å². The van der Waals surface area contributed by atoms with Gasteiger partial charge in [0.25, 0.3) is 0 Å². The second-order valence-electron chi connectivity index (χ2n) is 4.33.